The van der Waals surface area contributed by atoms with Gasteiger partial charge in [0.25, 0.3) is 5.91 Å². The molecule has 0 aliphatic rings. The fourth-order valence-corrected chi connectivity index (χ4v) is 2.69. The van der Waals surface area contributed by atoms with Crippen LogP contribution in [0.5, 0.6) is 5.75 Å². The van der Waals surface area contributed by atoms with E-state index >= 15 is 0 Å². The highest BCUT2D eigenvalue weighted by molar-refractivity contribution is 5.74. The second kappa shape index (κ2) is 9.59. The van der Waals surface area contributed by atoms with Gasteiger partial charge in [-0.05, 0) is 17.7 Å². The van der Waals surface area contributed by atoms with Crippen molar-refractivity contribution >= 4 is 5.91 Å². The van der Waals surface area contributed by atoms with Gasteiger partial charge in [0.2, 0.25) is 6.54 Å². The van der Waals surface area contributed by atoms with Crippen molar-refractivity contribution in [1.29, 1.82) is 0 Å². The van der Waals surface area contributed by atoms with Crippen molar-refractivity contribution in [3.63, 3.8) is 0 Å². The van der Waals surface area contributed by atoms with Crippen LogP contribution < -0.4 is 27.0 Å². The van der Waals surface area contributed by atoms with Crippen LogP contribution in [0.15, 0.2) is 79.1 Å². The number of nitrogens with zero attached hydrogens (tertiary/aromatic N) is 1. The van der Waals surface area contributed by atoms with Gasteiger partial charge in [-0.15, -0.1) is 0 Å². The molecule has 0 bridgehead atoms. The van der Waals surface area contributed by atoms with Crippen LogP contribution in [-0.4, -0.2) is 13.0 Å². The average Bonchev–Trinajstić information content (AvgIpc) is 2.67. The van der Waals surface area contributed by atoms with Gasteiger partial charge in [0, 0.05) is 23.7 Å². The number of halogens is 1. The molecule has 3 aromatic rings. The van der Waals surface area contributed by atoms with Crippen molar-refractivity contribution in [1.82, 2.24) is 5.32 Å². The third kappa shape index (κ3) is 5.07. The van der Waals surface area contributed by atoms with Crippen LogP contribution in [0.25, 0.3) is 11.1 Å². The smallest absolute Gasteiger partial charge is 0.286 e. The molecular formula is C21H21ClN2O2. The molecule has 0 unspecified atom stereocenters. The molecule has 0 saturated heterocycles. The normalized spacial score (nSPS) is 9.88. The Labute approximate surface area is 159 Å². The summed E-state index contributed by atoms with van der Waals surface area (Å²) in [7, 11) is 1.63. The predicted molar refractivity (Wildman–Crippen MR) is 96.9 cm³/mol. The Morgan fingerprint density at radius 1 is 0.962 bits per heavy atom. The lowest BCUT2D eigenvalue weighted by Crippen LogP contribution is -3.00. The van der Waals surface area contributed by atoms with Crippen LogP contribution >= 0.6 is 0 Å². The number of carbonyl (C=O) groups is 1. The Bertz CT molecular complexity index is 853. The summed E-state index contributed by atoms with van der Waals surface area (Å²) in [6, 6.07) is 21.8. The van der Waals surface area contributed by atoms with E-state index in [1.807, 2.05) is 71.6 Å². The molecule has 0 aliphatic heterocycles. The van der Waals surface area contributed by atoms with Crippen molar-refractivity contribution in [3.05, 3.63) is 84.7 Å². The molecule has 0 fully saturated rings. The zero-order chi connectivity index (χ0) is 17.5. The van der Waals surface area contributed by atoms with Gasteiger partial charge < -0.3 is 22.5 Å². The highest BCUT2D eigenvalue weighted by atomic mass is 35.5. The summed E-state index contributed by atoms with van der Waals surface area (Å²) in [6.07, 6.45) is 3.88. The van der Waals surface area contributed by atoms with Gasteiger partial charge in [-0.3, -0.25) is 4.79 Å². The SMILES string of the molecule is COc1ccccc1CNC(=O)C[n+]1cccc(-c2ccccc2)c1.[Cl-]. The minimum Gasteiger partial charge on any atom is -1.00 e. The summed E-state index contributed by atoms with van der Waals surface area (Å²) < 4.78 is 7.19. The van der Waals surface area contributed by atoms with Crippen molar-refractivity contribution in [3.8, 4) is 16.9 Å². The molecule has 5 heteroatoms. The van der Waals surface area contributed by atoms with E-state index in [-0.39, 0.29) is 24.9 Å². The zero-order valence-corrected chi connectivity index (χ0v) is 15.3. The maximum absolute atomic E-state index is 12.3. The standard InChI is InChI=1S/C21H20N2O2.ClH/c1-25-20-12-6-5-10-18(20)14-22-21(24)16-23-13-7-11-19(15-23)17-8-3-2-4-9-17;/h2-13,15H,14,16H2,1H3;1H. The van der Waals surface area contributed by atoms with Crippen LogP contribution in [-0.2, 0) is 17.9 Å². The zero-order valence-electron chi connectivity index (χ0n) is 14.6. The number of pyridine rings is 1. The molecule has 3 rings (SSSR count). The number of hydrogen-bond donors (Lipinski definition) is 1. The molecule has 134 valence electrons. The van der Waals surface area contributed by atoms with E-state index in [1.54, 1.807) is 7.11 Å². The maximum atomic E-state index is 12.3. The van der Waals surface area contributed by atoms with Gasteiger partial charge in [-0.25, -0.2) is 0 Å². The number of amides is 1. The Morgan fingerprint density at radius 2 is 1.65 bits per heavy atom. The first kappa shape index (κ1) is 19.5. The van der Waals surface area contributed by atoms with E-state index in [2.05, 4.69) is 17.4 Å². The summed E-state index contributed by atoms with van der Waals surface area (Å²) in [4.78, 5) is 12.3. The first-order chi connectivity index (χ1) is 12.3. The molecule has 0 spiro atoms. The summed E-state index contributed by atoms with van der Waals surface area (Å²) in [5.41, 5.74) is 3.17. The molecule has 2 aromatic carbocycles. The Kier molecular flexibility index (Phi) is 7.18. The molecule has 26 heavy (non-hydrogen) atoms. The monoisotopic (exact) mass is 368 g/mol. The highest BCUT2D eigenvalue weighted by Gasteiger charge is 2.11. The van der Waals surface area contributed by atoms with Crippen molar-refractivity contribution < 1.29 is 26.5 Å². The van der Waals surface area contributed by atoms with E-state index < -0.39 is 0 Å². The predicted octanol–water partition coefficient (Wildman–Crippen LogP) is -0.0299. The molecule has 4 nitrogen and oxygen atoms in total. The number of aromatic nitrogens is 1. The molecule has 1 heterocycles. The fourth-order valence-electron chi connectivity index (χ4n) is 2.69. The lowest BCUT2D eigenvalue weighted by Gasteiger charge is -2.08. The van der Waals surface area contributed by atoms with E-state index in [9.17, 15) is 4.79 Å². The summed E-state index contributed by atoms with van der Waals surface area (Å²) in [5.74, 6) is 0.739. The summed E-state index contributed by atoms with van der Waals surface area (Å²) >= 11 is 0. The first-order valence-electron chi connectivity index (χ1n) is 8.19. The second-order valence-corrected chi connectivity index (χ2v) is 5.72. The van der Waals surface area contributed by atoms with E-state index in [1.165, 1.54) is 0 Å². The van der Waals surface area contributed by atoms with Gasteiger partial charge >= 0.3 is 0 Å². The lowest BCUT2D eigenvalue weighted by atomic mass is 10.1. The van der Waals surface area contributed by atoms with Crippen LogP contribution in [0.2, 0.25) is 0 Å². The molecule has 1 N–H and O–H groups in total. The average molecular weight is 369 g/mol. The number of rotatable bonds is 6. The largest absolute Gasteiger partial charge is 1.00 e. The second-order valence-electron chi connectivity index (χ2n) is 5.72. The fraction of sp³-hybridized carbons (Fsp3) is 0.143. The van der Waals surface area contributed by atoms with E-state index in [0.29, 0.717) is 6.54 Å². The number of benzene rings is 2. The number of methoxy groups -OCH3 is 1. The number of ether oxygens (including phenoxy) is 1. The molecular weight excluding hydrogens is 348 g/mol. The highest BCUT2D eigenvalue weighted by Crippen LogP contribution is 2.17. The number of nitrogens with one attached hydrogen (secondary N) is 1. The van der Waals surface area contributed by atoms with Crippen LogP contribution in [0.3, 0.4) is 0 Å². The summed E-state index contributed by atoms with van der Waals surface area (Å²) in [6.45, 7) is 0.720. The van der Waals surface area contributed by atoms with Gasteiger partial charge in [-0.1, -0.05) is 48.5 Å². The molecule has 0 aliphatic carbocycles. The van der Waals surface area contributed by atoms with Gasteiger partial charge in [-0.2, -0.15) is 4.57 Å². The number of para-hydroxylation sites is 1. The van der Waals surface area contributed by atoms with Crippen LogP contribution in [0.1, 0.15) is 5.56 Å². The topological polar surface area (TPSA) is 42.2 Å². The Morgan fingerprint density at radius 3 is 2.42 bits per heavy atom. The van der Waals surface area contributed by atoms with Gasteiger partial charge in [0.1, 0.15) is 5.75 Å². The Balaban J connectivity index is 0.00000243. The van der Waals surface area contributed by atoms with E-state index in [0.717, 1.165) is 22.4 Å². The van der Waals surface area contributed by atoms with Crippen molar-refractivity contribution in [2.24, 2.45) is 0 Å². The minimum atomic E-state index is -0.0406. The lowest BCUT2D eigenvalue weighted by molar-refractivity contribution is -0.684. The number of carbonyl (C=O) groups excluding carboxylic acids is 1. The minimum absolute atomic E-state index is 0. The molecule has 1 aromatic heterocycles. The van der Waals surface area contributed by atoms with Gasteiger partial charge in [0.15, 0.2) is 12.4 Å². The molecule has 0 atom stereocenters. The third-order valence-electron chi connectivity index (χ3n) is 3.96. The van der Waals surface area contributed by atoms with Crippen molar-refractivity contribution in [2.45, 2.75) is 13.1 Å². The molecule has 0 saturated carbocycles. The first-order valence-corrected chi connectivity index (χ1v) is 8.19. The van der Waals surface area contributed by atoms with E-state index in [4.69, 9.17) is 4.74 Å². The van der Waals surface area contributed by atoms with Crippen molar-refractivity contribution in [2.75, 3.05) is 7.11 Å². The Hall–Kier alpha value is -2.85. The maximum Gasteiger partial charge on any atom is 0.286 e. The van der Waals surface area contributed by atoms with Gasteiger partial charge in [0.05, 0.1) is 7.11 Å². The van der Waals surface area contributed by atoms with Crippen LogP contribution in [0.4, 0.5) is 0 Å². The molecule has 1 amide bonds. The molecule has 0 radical (unpaired) electrons. The number of hydrogen-bond acceptors (Lipinski definition) is 2. The quantitative estimate of drug-likeness (QED) is 0.621. The summed E-state index contributed by atoms with van der Waals surface area (Å²) in [5, 5.41) is 2.94. The third-order valence-corrected chi connectivity index (χ3v) is 3.96. The van der Waals surface area contributed by atoms with Crippen LogP contribution in [0, 0.1) is 0 Å².